The summed E-state index contributed by atoms with van der Waals surface area (Å²) in [7, 11) is 2.71. The predicted molar refractivity (Wildman–Crippen MR) is 124 cm³/mol. The highest BCUT2D eigenvalue weighted by atomic mass is 16.5. The van der Waals surface area contributed by atoms with Gasteiger partial charge in [-0.3, -0.25) is 4.79 Å². The highest BCUT2D eigenvalue weighted by molar-refractivity contribution is 5.90. The van der Waals surface area contributed by atoms with Crippen molar-refractivity contribution in [2.75, 3.05) is 19.5 Å². The third kappa shape index (κ3) is 5.63. The van der Waals surface area contributed by atoms with Crippen molar-refractivity contribution in [1.29, 1.82) is 0 Å². The van der Waals surface area contributed by atoms with Crippen LogP contribution in [0, 0.1) is 11.3 Å². The molecule has 0 aliphatic heterocycles. The topological polar surface area (TPSA) is 64.6 Å². The predicted octanol–water partition coefficient (Wildman–Crippen LogP) is 5.01. The smallest absolute Gasteiger partial charge is 0.333 e. The first-order valence-electron chi connectivity index (χ1n) is 10.2. The summed E-state index contributed by atoms with van der Waals surface area (Å²) in [5.74, 6) is -1.16. The van der Waals surface area contributed by atoms with Crippen molar-refractivity contribution in [3.63, 3.8) is 0 Å². The first-order chi connectivity index (χ1) is 14.9. The third-order valence-electron chi connectivity index (χ3n) is 5.64. The molecule has 0 saturated heterocycles. The lowest BCUT2D eigenvalue weighted by Gasteiger charge is -2.36. The Morgan fingerprint density at radius 3 is 2.55 bits per heavy atom. The van der Waals surface area contributed by atoms with Crippen LogP contribution in [-0.2, 0) is 19.1 Å². The Kier molecular flexibility index (Phi) is 8.62. The van der Waals surface area contributed by atoms with Gasteiger partial charge in [0, 0.05) is 23.2 Å². The van der Waals surface area contributed by atoms with Gasteiger partial charge >= 0.3 is 11.9 Å². The largest absolute Gasteiger partial charge is 0.468 e. The average Bonchev–Trinajstić information content (AvgIpc) is 3.26. The van der Waals surface area contributed by atoms with Gasteiger partial charge in [0.15, 0.2) is 0 Å². The molecule has 1 aliphatic carbocycles. The fraction of sp³-hybridized carbons (Fsp3) is 0.308. The Morgan fingerprint density at radius 1 is 1.26 bits per heavy atom. The minimum atomic E-state index is -0.984. The van der Waals surface area contributed by atoms with E-state index in [1.807, 2.05) is 67.6 Å². The van der Waals surface area contributed by atoms with Gasteiger partial charge in [-0.1, -0.05) is 73.4 Å². The normalized spacial score (nSPS) is 21.5. The Balaban J connectivity index is 2.47. The third-order valence-corrected chi connectivity index (χ3v) is 5.64. The number of carbonyl (C=O) groups excluding carboxylic acids is 2. The highest BCUT2D eigenvalue weighted by Crippen LogP contribution is 2.45. The minimum absolute atomic E-state index is 0.315. The number of para-hydroxylation sites is 1. The van der Waals surface area contributed by atoms with Crippen LogP contribution in [0.5, 0.6) is 0 Å². The number of hydrogen-bond acceptors (Lipinski definition) is 5. The molecule has 3 unspecified atom stereocenters. The van der Waals surface area contributed by atoms with E-state index in [0.29, 0.717) is 18.4 Å². The Bertz CT molecular complexity index is 897. The molecule has 5 nitrogen and oxygen atoms in total. The molecular formula is C26H31NO4. The molecule has 164 valence electrons. The van der Waals surface area contributed by atoms with E-state index in [4.69, 9.17) is 9.47 Å². The van der Waals surface area contributed by atoms with E-state index in [1.54, 1.807) is 6.08 Å². The van der Waals surface area contributed by atoms with Crippen molar-refractivity contribution in [1.82, 2.24) is 0 Å². The number of esters is 2. The van der Waals surface area contributed by atoms with Crippen LogP contribution >= 0.6 is 0 Å². The van der Waals surface area contributed by atoms with Crippen LogP contribution in [0.15, 0.2) is 91.1 Å². The number of rotatable bonds is 10. The summed E-state index contributed by atoms with van der Waals surface area (Å²) in [6, 6.07) is 9.39. The van der Waals surface area contributed by atoms with Gasteiger partial charge in [0.1, 0.15) is 5.41 Å². The van der Waals surface area contributed by atoms with E-state index in [1.165, 1.54) is 14.2 Å². The van der Waals surface area contributed by atoms with E-state index < -0.39 is 11.4 Å². The summed E-state index contributed by atoms with van der Waals surface area (Å²) in [6.07, 6.45) is 12.2. The number of nitrogens with one attached hydrogen (secondary N) is 1. The summed E-state index contributed by atoms with van der Waals surface area (Å²) < 4.78 is 10.1. The summed E-state index contributed by atoms with van der Waals surface area (Å²) >= 11 is 0. The van der Waals surface area contributed by atoms with Crippen LogP contribution < -0.4 is 5.32 Å². The fourth-order valence-corrected chi connectivity index (χ4v) is 3.86. The maximum atomic E-state index is 13.1. The molecule has 0 fully saturated rings. The first-order valence-corrected chi connectivity index (χ1v) is 10.2. The van der Waals surface area contributed by atoms with E-state index >= 15 is 0 Å². The lowest BCUT2D eigenvalue weighted by atomic mass is 9.74. The second kappa shape index (κ2) is 11.2. The number of methoxy groups -OCH3 is 2. The van der Waals surface area contributed by atoms with Crippen molar-refractivity contribution in [3.8, 4) is 0 Å². The van der Waals surface area contributed by atoms with E-state index in [2.05, 4.69) is 18.5 Å². The Hall–Kier alpha value is -3.34. The molecule has 3 atom stereocenters. The van der Waals surface area contributed by atoms with E-state index in [0.717, 1.165) is 11.3 Å². The van der Waals surface area contributed by atoms with Crippen LogP contribution in [-0.4, -0.2) is 32.2 Å². The molecule has 1 aliphatic rings. The van der Waals surface area contributed by atoms with Crippen LogP contribution in [0.2, 0.25) is 0 Å². The number of allylic oxidation sites excluding steroid dienone is 5. The highest BCUT2D eigenvalue weighted by Gasteiger charge is 2.50. The second-order valence-electron chi connectivity index (χ2n) is 7.44. The Labute approximate surface area is 184 Å². The van der Waals surface area contributed by atoms with Crippen molar-refractivity contribution in [3.05, 3.63) is 91.1 Å². The Morgan fingerprint density at radius 2 is 1.97 bits per heavy atom. The molecule has 1 aromatic carbocycles. The molecule has 5 heteroatoms. The fourth-order valence-electron chi connectivity index (χ4n) is 3.86. The summed E-state index contributed by atoms with van der Waals surface area (Å²) in [5, 5.41) is 3.52. The zero-order valence-corrected chi connectivity index (χ0v) is 18.5. The zero-order chi connectivity index (χ0) is 22.9. The molecule has 1 N–H and O–H groups in total. The lowest BCUT2D eigenvalue weighted by Crippen LogP contribution is -2.46. The monoisotopic (exact) mass is 421 g/mol. The van der Waals surface area contributed by atoms with Gasteiger partial charge in [-0.2, -0.15) is 0 Å². The minimum Gasteiger partial charge on any atom is -0.468 e. The van der Waals surface area contributed by atoms with Gasteiger partial charge in [-0.15, -0.1) is 0 Å². The molecule has 0 radical (unpaired) electrons. The van der Waals surface area contributed by atoms with Crippen molar-refractivity contribution in [2.45, 2.75) is 25.8 Å². The summed E-state index contributed by atoms with van der Waals surface area (Å²) in [6.45, 7) is 9.58. The lowest BCUT2D eigenvalue weighted by molar-refractivity contribution is -0.151. The maximum Gasteiger partial charge on any atom is 0.333 e. The number of anilines is 1. The second-order valence-corrected chi connectivity index (χ2v) is 7.44. The molecule has 0 heterocycles. The maximum absolute atomic E-state index is 13.1. The van der Waals surface area contributed by atoms with Gasteiger partial charge in [0.25, 0.3) is 0 Å². The summed E-state index contributed by atoms with van der Waals surface area (Å²) in [5.41, 5.74) is 1.27. The standard InChI is InChI=1S/C26H31NO4/c1-6-8-12-20(7-2)17-23(27-22-13-10-9-11-14-22)26(25(29)31-5)16-15-21(18-26)19(3)24(28)30-4/h6-16,21,23,27H,1,3,17-18H2,2,4-5H3/b12-8-,20-7+. The van der Waals surface area contributed by atoms with Gasteiger partial charge < -0.3 is 14.8 Å². The van der Waals surface area contributed by atoms with Gasteiger partial charge in [0.2, 0.25) is 0 Å². The quantitative estimate of drug-likeness (QED) is 0.249. The number of benzene rings is 1. The molecule has 0 aromatic heterocycles. The van der Waals surface area contributed by atoms with Crippen molar-refractivity contribution in [2.24, 2.45) is 11.3 Å². The first kappa shape index (κ1) is 23.9. The SMILES string of the molecule is C=C/C=C\C(=C/C)CC(Nc1ccccc1)C1(C(=O)OC)C=CC(C(=C)C(=O)OC)C1. The molecule has 2 rings (SSSR count). The zero-order valence-electron chi connectivity index (χ0n) is 18.5. The van der Waals surface area contributed by atoms with Crippen LogP contribution in [0.25, 0.3) is 0 Å². The van der Waals surface area contributed by atoms with Crippen LogP contribution in [0.3, 0.4) is 0 Å². The molecule has 0 amide bonds. The van der Waals surface area contributed by atoms with E-state index in [-0.39, 0.29) is 17.9 Å². The van der Waals surface area contributed by atoms with Gasteiger partial charge in [0.05, 0.1) is 14.2 Å². The average molecular weight is 422 g/mol. The van der Waals surface area contributed by atoms with Gasteiger partial charge in [-0.05, 0) is 31.9 Å². The molecule has 0 bridgehead atoms. The molecular weight excluding hydrogens is 390 g/mol. The van der Waals surface area contributed by atoms with E-state index in [9.17, 15) is 9.59 Å². The number of hydrogen-bond donors (Lipinski definition) is 1. The van der Waals surface area contributed by atoms with Crippen molar-refractivity contribution < 1.29 is 19.1 Å². The van der Waals surface area contributed by atoms with Gasteiger partial charge in [-0.25, -0.2) is 4.79 Å². The molecule has 0 saturated carbocycles. The summed E-state index contributed by atoms with van der Waals surface area (Å²) in [4.78, 5) is 25.2. The van der Waals surface area contributed by atoms with Crippen molar-refractivity contribution >= 4 is 17.6 Å². The molecule has 0 spiro atoms. The van der Waals surface area contributed by atoms with Crippen LogP contribution in [0.1, 0.15) is 19.8 Å². The van der Waals surface area contributed by atoms with Crippen LogP contribution in [0.4, 0.5) is 5.69 Å². The molecule has 31 heavy (non-hydrogen) atoms. The number of ether oxygens (including phenoxy) is 2. The number of carbonyl (C=O) groups is 2. The molecule has 1 aromatic rings.